The van der Waals surface area contributed by atoms with Gasteiger partial charge in [-0.1, -0.05) is 18.2 Å². The molecule has 0 amide bonds. The van der Waals surface area contributed by atoms with Gasteiger partial charge in [-0.25, -0.2) is 0 Å². The smallest absolute Gasteiger partial charge is 0.147 e. The van der Waals surface area contributed by atoms with Gasteiger partial charge in [-0.2, -0.15) is 9.03 Å². The molecule has 0 spiro atoms. The summed E-state index contributed by atoms with van der Waals surface area (Å²) in [7, 11) is 3.05. The van der Waals surface area contributed by atoms with Crippen LogP contribution in [0.1, 0.15) is 0 Å². The molecule has 0 bridgehead atoms. The predicted molar refractivity (Wildman–Crippen MR) is 81.1 cm³/mol. The van der Waals surface area contributed by atoms with Crippen molar-refractivity contribution in [1.29, 1.82) is 0 Å². The quantitative estimate of drug-likeness (QED) is 0.724. The van der Waals surface area contributed by atoms with Crippen LogP contribution in [0.4, 0.5) is 5.69 Å². The van der Waals surface area contributed by atoms with E-state index >= 15 is 0 Å². The van der Waals surface area contributed by atoms with Crippen molar-refractivity contribution in [3.8, 4) is 0 Å². The van der Waals surface area contributed by atoms with Crippen LogP contribution >= 0.6 is 31.8 Å². The number of nitrogens with one attached hydrogen (secondary N) is 1. The van der Waals surface area contributed by atoms with Gasteiger partial charge >= 0.3 is 0 Å². The van der Waals surface area contributed by atoms with Gasteiger partial charge in [-0.05, 0) is 35.7 Å². The Morgan fingerprint density at radius 2 is 1.56 bits per heavy atom. The third-order valence-corrected chi connectivity index (χ3v) is 5.50. The van der Waals surface area contributed by atoms with Crippen LogP contribution in [0.15, 0.2) is 39.4 Å². The third-order valence-electron chi connectivity index (χ3n) is 1.46. The molecule has 1 N–H and O–H groups in total. The summed E-state index contributed by atoms with van der Waals surface area (Å²) < 4.78 is 8.23. The minimum Gasteiger partial charge on any atom is -0.365 e. The summed E-state index contributed by atoms with van der Waals surface area (Å²) in [5.41, 5.74) is 1.17. The highest BCUT2D eigenvalue weighted by atomic mass is 32.4. The third kappa shape index (κ3) is 6.11. The maximum Gasteiger partial charge on any atom is 0.147 e. The van der Waals surface area contributed by atoms with E-state index in [-0.39, 0.29) is 5.52 Å². The molecule has 1 aromatic carbocycles. The Bertz CT molecular complexity index is 380. The highest BCUT2D eigenvalue weighted by Crippen LogP contribution is 2.29. The Morgan fingerprint density at radius 1 is 1.00 bits per heavy atom. The number of hydrogen-bond acceptors (Lipinski definition) is 3. The molecule has 0 radical (unpaired) electrons. The van der Waals surface area contributed by atoms with E-state index in [4.69, 9.17) is 23.6 Å². The molecule has 0 saturated carbocycles. The lowest BCUT2D eigenvalue weighted by Crippen LogP contribution is -2.03. The summed E-state index contributed by atoms with van der Waals surface area (Å²) in [5.74, 6) is 0. The Labute approximate surface area is 111 Å². The van der Waals surface area contributed by atoms with E-state index in [1.165, 1.54) is 0 Å². The van der Waals surface area contributed by atoms with Gasteiger partial charge in [0.2, 0.25) is 0 Å². The van der Waals surface area contributed by atoms with Crippen molar-refractivity contribution in [1.82, 2.24) is 0 Å². The van der Waals surface area contributed by atoms with Gasteiger partial charge in [0.15, 0.2) is 0 Å². The van der Waals surface area contributed by atoms with Gasteiger partial charge in [-0.15, -0.1) is 0 Å². The van der Waals surface area contributed by atoms with Crippen molar-refractivity contribution in [3.05, 3.63) is 30.3 Å². The molecule has 0 atom stereocenters. The maximum absolute atomic E-state index is 4.76. The average molecular weight is 321 g/mol. The molecule has 0 aliphatic rings. The molecule has 9 heteroatoms. The fourth-order valence-electron chi connectivity index (χ4n) is 0.904. The largest absolute Gasteiger partial charge is 0.365 e. The minimum atomic E-state index is 0.119. The number of anilines is 1. The summed E-state index contributed by atoms with van der Waals surface area (Å²) in [4.78, 5) is 0. The van der Waals surface area contributed by atoms with Crippen LogP contribution in [0.25, 0.3) is 0 Å². The molecule has 1 aromatic rings. The Kier molecular flexibility index (Phi) is 8.33. The molecular weight excluding hydrogens is 314 g/mol. The fraction of sp³-hybridized carbons (Fsp3) is 0.143. The van der Waals surface area contributed by atoms with Crippen LogP contribution in [-0.2, 0) is 23.6 Å². The number of para-hydroxylation sites is 1. The number of hydrogen-bond donors (Lipinski definition) is 1. The normalized spacial score (nSPS) is 13.8. The molecule has 0 saturated heterocycles. The second-order valence-corrected chi connectivity index (χ2v) is 7.10. The van der Waals surface area contributed by atoms with Gasteiger partial charge in [0, 0.05) is 5.69 Å². The van der Waals surface area contributed by atoms with E-state index in [9.17, 15) is 0 Å². The van der Waals surface area contributed by atoms with E-state index < -0.39 is 0 Å². The fourth-order valence-corrected chi connectivity index (χ4v) is 4.21. The molecule has 1 rings (SSSR count). The van der Waals surface area contributed by atoms with Crippen molar-refractivity contribution in [3.63, 3.8) is 0 Å². The first-order chi connectivity index (χ1) is 7.86. The summed E-state index contributed by atoms with van der Waals surface area (Å²) in [6.45, 7) is 0. The van der Waals surface area contributed by atoms with E-state index in [1.807, 2.05) is 30.3 Å². The lowest BCUT2D eigenvalue weighted by Gasteiger charge is -2.08. The summed E-state index contributed by atoms with van der Waals surface area (Å²) in [6, 6.07) is 9.97. The summed E-state index contributed by atoms with van der Waals surface area (Å²) in [6.07, 6.45) is 0. The van der Waals surface area contributed by atoms with Crippen molar-refractivity contribution in [2.45, 2.75) is 5.52 Å². The van der Waals surface area contributed by atoms with Crippen LogP contribution in [0.5, 0.6) is 0 Å². The zero-order valence-electron chi connectivity index (χ0n) is 7.96. The van der Waals surface area contributed by atoms with Crippen molar-refractivity contribution in [2.75, 3.05) is 5.32 Å². The minimum absolute atomic E-state index is 0.119. The molecule has 0 aromatic heterocycles. The Hall–Kier alpha value is 0.260. The molecular formula is C7H7N3P4S2. The Morgan fingerprint density at radius 3 is 2.06 bits per heavy atom. The van der Waals surface area contributed by atoms with Crippen molar-refractivity contribution >= 4 is 61.1 Å². The van der Waals surface area contributed by atoms with Crippen molar-refractivity contribution in [2.24, 2.45) is 9.03 Å². The van der Waals surface area contributed by atoms with Crippen molar-refractivity contribution < 1.29 is 0 Å². The SMILES string of the molecule is S=PN=PC(Nc1ccccc1)P=NP=S. The van der Waals surface area contributed by atoms with Crippen LogP contribution in [-0.4, -0.2) is 5.52 Å². The molecule has 82 valence electrons. The van der Waals surface area contributed by atoms with Gasteiger partial charge < -0.3 is 5.32 Å². The Balaban J connectivity index is 2.70. The topological polar surface area (TPSA) is 36.8 Å². The number of benzene rings is 1. The van der Waals surface area contributed by atoms with E-state index in [0.29, 0.717) is 15.0 Å². The van der Waals surface area contributed by atoms with Crippen LogP contribution in [0.2, 0.25) is 0 Å². The van der Waals surface area contributed by atoms with E-state index in [1.54, 1.807) is 0 Å². The van der Waals surface area contributed by atoms with Gasteiger partial charge in [0.1, 0.15) is 20.5 Å². The molecule has 0 fully saturated rings. The number of nitrogens with zero attached hydrogens (tertiary/aromatic N) is 2. The zero-order valence-corrected chi connectivity index (χ0v) is 13.2. The molecule has 16 heavy (non-hydrogen) atoms. The predicted octanol–water partition coefficient (Wildman–Crippen LogP) is 5.29. The maximum atomic E-state index is 4.76. The molecule has 3 nitrogen and oxygen atoms in total. The summed E-state index contributed by atoms with van der Waals surface area (Å²) in [5, 5.41) is 3.33. The van der Waals surface area contributed by atoms with E-state index in [2.05, 4.69) is 14.3 Å². The lowest BCUT2D eigenvalue weighted by atomic mass is 10.3. The monoisotopic (exact) mass is 321 g/mol. The zero-order chi connectivity index (χ0) is 11.6. The van der Waals surface area contributed by atoms with E-state index in [0.717, 1.165) is 22.4 Å². The summed E-state index contributed by atoms with van der Waals surface area (Å²) >= 11 is 9.52. The van der Waals surface area contributed by atoms with Gasteiger partial charge in [0.25, 0.3) is 0 Å². The molecule has 0 unspecified atom stereocenters. The molecule has 0 heterocycles. The van der Waals surface area contributed by atoms with Crippen LogP contribution < -0.4 is 5.32 Å². The van der Waals surface area contributed by atoms with Gasteiger partial charge in [-0.3, -0.25) is 0 Å². The first-order valence-electron chi connectivity index (χ1n) is 4.13. The first kappa shape index (κ1) is 14.3. The second-order valence-electron chi connectivity index (χ2n) is 2.46. The van der Waals surface area contributed by atoms with Crippen LogP contribution in [0.3, 0.4) is 0 Å². The highest BCUT2D eigenvalue weighted by molar-refractivity contribution is 7.97. The first-order valence-corrected chi connectivity index (χ1v) is 9.68. The molecule has 0 aliphatic heterocycles. The van der Waals surface area contributed by atoms with Gasteiger partial charge in [0.05, 0.1) is 16.7 Å². The second kappa shape index (κ2) is 9.31. The number of rotatable bonds is 6. The lowest BCUT2D eigenvalue weighted by molar-refractivity contribution is 1.38. The molecule has 0 aliphatic carbocycles. The average Bonchev–Trinajstić information content (AvgIpc) is 2.34. The highest BCUT2D eigenvalue weighted by Gasteiger charge is 2.02. The van der Waals surface area contributed by atoms with Crippen LogP contribution in [0, 0.1) is 0 Å². The standard InChI is InChI=1S/C7H7N3P4S2/c15-13-9-11-7(12-10-14-16)8-6-4-2-1-3-5-6/h1-5,7-8H.